The maximum atomic E-state index is 13.5. The van der Waals surface area contributed by atoms with E-state index >= 15 is 0 Å². The lowest BCUT2D eigenvalue weighted by Crippen LogP contribution is -2.49. The summed E-state index contributed by atoms with van der Waals surface area (Å²) < 4.78 is 29.2. The van der Waals surface area contributed by atoms with Crippen LogP contribution in [0.2, 0.25) is 0 Å². The molecule has 1 fully saturated rings. The number of halogens is 1. The second-order valence-electron chi connectivity index (χ2n) is 7.11. The minimum atomic E-state index is -0.968. The van der Waals surface area contributed by atoms with Gasteiger partial charge in [-0.2, -0.15) is 4.39 Å². The Morgan fingerprint density at radius 2 is 2.00 bits per heavy atom. The number of hydrogen-bond donors (Lipinski definition) is 0. The Bertz CT molecular complexity index is 496. The van der Waals surface area contributed by atoms with Gasteiger partial charge >= 0.3 is 12.1 Å². The predicted molar refractivity (Wildman–Crippen MR) is 87.0 cm³/mol. The first-order valence-corrected chi connectivity index (χ1v) is 8.17. The monoisotopic (exact) mass is 345 g/mol. The van der Waals surface area contributed by atoms with Crippen LogP contribution < -0.4 is 0 Å². The van der Waals surface area contributed by atoms with Crippen LogP contribution in [0.1, 0.15) is 54.4 Å². The molecule has 0 radical (unpaired) electrons. The van der Waals surface area contributed by atoms with E-state index in [0.717, 1.165) is 0 Å². The van der Waals surface area contributed by atoms with Crippen molar-refractivity contribution in [3.63, 3.8) is 0 Å². The van der Waals surface area contributed by atoms with Crippen LogP contribution in [-0.2, 0) is 19.0 Å². The fraction of sp³-hybridized carbons (Fsp3) is 0.765. The molecule has 1 heterocycles. The molecule has 0 saturated carbocycles. The standard InChI is InChI=1S/C17H28FNO5/c1-7-22-14(20)13(18)10-8-9-12-11-23-17(5,6)19(12)15(21)24-16(2,3)4/h10,12H,7-9,11H2,1-6H3/b13-10-. The van der Waals surface area contributed by atoms with E-state index < -0.39 is 29.2 Å². The van der Waals surface area contributed by atoms with E-state index in [1.54, 1.807) is 41.5 Å². The molecule has 1 aliphatic rings. The molecule has 1 rings (SSSR count). The van der Waals surface area contributed by atoms with Gasteiger partial charge in [0, 0.05) is 0 Å². The van der Waals surface area contributed by atoms with Gasteiger partial charge in [0.2, 0.25) is 5.83 Å². The molecule has 0 spiro atoms. The van der Waals surface area contributed by atoms with Crippen molar-refractivity contribution in [2.45, 2.75) is 71.8 Å². The summed E-state index contributed by atoms with van der Waals surface area (Å²) in [5, 5.41) is 0. The summed E-state index contributed by atoms with van der Waals surface area (Å²) in [7, 11) is 0. The van der Waals surface area contributed by atoms with E-state index in [9.17, 15) is 14.0 Å². The lowest BCUT2D eigenvalue weighted by molar-refractivity contribution is -0.140. The average molecular weight is 345 g/mol. The zero-order valence-electron chi connectivity index (χ0n) is 15.3. The van der Waals surface area contributed by atoms with Crippen molar-refractivity contribution >= 4 is 12.1 Å². The second kappa shape index (κ2) is 7.96. The molecule has 6 nitrogen and oxygen atoms in total. The van der Waals surface area contributed by atoms with Gasteiger partial charge in [-0.15, -0.1) is 0 Å². The number of rotatable bonds is 5. The predicted octanol–water partition coefficient (Wildman–Crippen LogP) is 3.56. The Hall–Kier alpha value is -1.63. The lowest BCUT2D eigenvalue weighted by Gasteiger charge is -2.35. The van der Waals surface area contributed by atoms with Crippen molar-refractivity contribution < 1.29 is 28.2 Å². The molecular formula is C17H28FNO5. The molecule has 1 unspecified atom stereocenters. The van der Waals surface area contributed by atoms with Crippen molar-refractivity contribution in [3.8, 4) is 0 Å². The van der Waals surface area contributed by atoms with Crippen LogP contribution in [0, 0.1) is 0 Å². The Kier molecular flexibility index (Phi) is 6.77. The summed E-state index contributed by atoms with van der Waals surface area (Å²) in [4.78, 5) is 25.2. The number of nitrogens with zero attached hydrogens (tertiary/aromatic N) is 1. The molecule has 0 aromatic rings. The molecule has 1 saturated heterocycles. The fourth-order valence-corrected chi connectivity index (χ4v) is 2.46. The highest BCUT2D eigenvalue weighted by Crippen LogP contribution is 2.31. The molecule has 0 aliphatic carbocycles. The third-order valence-corrected chi connectivity index (χ3v) is 3.46. The fourth-order valence-electron chi connectivity index (χ4n) is 2.46. The van der Waals surface area contributed by atoms with Gasteiger partial charge in [0.05, 0.1) is 19.3 Å². The van der Waals surface area contributed by atoms with Crippen molar-refractivity contribution in [3.05, 3.63) is 11.9 Å². The van der Waals surface area contributed by atoms with Crippen LogP contribution >= 0.6 is 0 Å². The molecule has 1 amide bonds. The zero-order valence-corrected chi connectivity index (χ0v) is 15.3. The van der Waals surface area contributed by atoms with Crippen molar-refractivity contribution in [1.29, 1.82) is 0 Å². The molecule has 0 bridgehead atoms. The van der Waals surface area contributed by atoms with Gasteiger partial charge in [-0.25, -0.2) is 9.59 Å². The highest BCUT2D eigenvalue weighted by molar-refractivity contribution is 5.85. The van der Waals surface area contributed by atoms with Gasteiger partial charge in [-0.3, -0.25) is 4.90 Å². The SMILES string of the molecule is CCOC(=O)/C(F)=C/CCC1COC(C)(C)N1C(=O)OC(C)(C)C. The molecule has 0 aromatic heterocycles. The number of ether oxygens (including phenoxy) is 3. The van der Waals surface area contributed by atoms with Crippen LogP contribution in [0.4, 0.5) is 9.18 Å². The van der Waals surface area contributed by atoms with Crippen LogP contribution in [0.5, 0.6) is 0 Å². The third kappa shape index (κ3) is 5.78. The van der Waals surface area contributed by atoms with E-state index in [-0.39, 0.29) is 19.1 Å². The maximum Gasteiger partial charge on any atom is 0.412 e. The molecule has 0 N–H and O–H groups in total. The van der Waals surface area contributed by atoms with Crippen LogP contribution in [0.3, 0.4) is 0 Å². The summed E-state index contributed by atoms with van der Waals surface area (Å²) >= 11 is 0. The van der Waals surface area contributed by atoms with Gasteiger partial charge in [-0.05, 0) is 60.5 Å². The van der Waals surface area contributed by atoms with E-state index in [4.69, 9.17) is 9.47 Å². The van der Waals surface area contributed by atoms with Crippen LogP contribution in [0.15, 0.2) is 11.9 Å². The number of allylic oxidation sites excluding steroid dienone is 1. The maximum absolute atomic E-state index is 13.5. The molecule has 0 aromatic carbocycles. The number of hydrogen-bond acceptors (Lipinski definition) is 5. The van der Waals surface area contributed by atoms with Crippen molar-refractivity contribution in [2.24, 2.45) is 0 Å². The van der Waals surface area contributed by atoms with E-state index in [1.165, 1.54) is 11.0 Å². The van der Waals surface area contributed by atoms with Crippen molar-refractivity contribution in [1.82, 2.24) is 4.90 Å². The average Bonchev–Trinajstić information content (AvgIpc) is 2.72. The van der Waals surface area contributed by atoms with Gasteiger partial charge in [0.15, 0.2) is 0 Å². The highest BCUT2D eigenvalue weighted by atomic mass is 19.1. The smallest absolute Gasteiger partial charge is 0.412 e. The Morgan fingerprint density at radius 1 is 1.38 bits per heavy atom. The van der Waals surface area contributed by atoms with Gasteiger partial charge < -0.3 is 14.2 Å². The summed E-state index contributed by atoms with van der Waals surface area (Å²) in [5.74, 6) is -1.89. The quantitative estimate of drug-likeness (QED) is 0.563. The molecule has 138 valence electrons. The van der Waals surface area contributed by atoms with Gasteiger partial charge in [0.25, 0.3) is 0 Å². The summed E-state index contributed by atoms with van der Waals surface area (Å²) in [5.41, 5.74) is -1.41. The zero-order chi connectivity index (χ0) is 18.5. The van der Waals surface area contributed by atoms with Gasteiger partial charge in [0.1, 0.15) is 11.3 Å². The molecule has 7 heteroatoms. The Labute approximate surface area is 142 Å². The minimum absolute atomic E-state index is 0.122. The minimum Gasteiger partial charge on any atom is -0.461 e. The first kappa shape index (κ1) is 20.4. The Balaban J connectivity index is 2.71. The Morgan fingerprint density at radius 3 is 2.54 bits per heavy atom. The van der Waals surface area contributed by atoms with E-state index in [1.807, 2.05) is 0 Å². The molecular weight excluding hydrogens is 317 g/mol. The summed E-state index contributed by atoms with van der Waals surface area (Å²) in [6.45, 7) is 11.0. The molecule has 1 aliphatic heterocycles. The molecule has 24 heavy (non-hydrogen) atoms. The van der Waals surface area contributed by atoms with Crippen LogP contribution in [0.25, 0.3) is 0 Å². The molecule has 1 atom stereocenters. The summed E-state index contributed by atoms with van der Waals surface area (Å²) in [6.07, 6.45) is 1.45. The largest absolute Gasteiger partial charge is 0.461 e. The normalized spacial score (nSPS) is 20.9. The first-order valence-electron chi connectivity index (χ1n) is 8.17. The van der Waals surface area contributed by atoms with E-state index in [2.05, 4.69) is 4.74 Å². The number of carbonyl (C=O) groups is 2. The number of carbonyl (C=O) groups excluding carboxylic acids is 2. The lowest BCUT2D eigenvalue weighted by atomic mass is 10.1. The number of amides is 1. The van der Waals surface area contributed by atoms with Crippen LogP contribution in [-0.4, -0.2) is 47.5 Å². The van der Waals surface area contributed by atoms with E-state index in [0.29, 0.717) is 13.0 Å². The number of esters is 1. The highest BCUT2D eigenvalue weighted by Gasteiger charge is 2.45. The topological polar surface area (TPSA) is 65.1 Å². The first-order chi connectivity index (χ1) is 11.0. The third-order valence-electron chi connectivity index (χ3n) is 3.46. The second-order valence-corrected chi connectivity index (χ2v) is 7.11. The summed E-state index contributed by atoms with van der Waals surface area (Å²) in [6, 6.07) is -0.249. The van der Waals surface area contributed by atoms with Gasteiger partial charge in [-0.1, -0.05) is 0 Å². The van der Waals surface area contributed by atoms with Crippen molar-refractivity contribution in [2.75, 3.05) is 13.2 Å².